The lowest BCUT2D eigenvalue weighted by Crippen LogP contribution is -2.28. The Morgan fingerprint density at radius 3 is 2.53 bits per heavy atom. The standard InChI is InChI=1S/C26H23N3O3/c1-31-20-9-10-21-19(14-20)12-13-29-23(21)16-25(28-26(29)30)27-22-15-18(8-11-24(22)32-2)17-6-4-3-5-7-17/h3-11,14-16H,12-13H2,1-2H3,(H,27,28,30). The number of anilines is 2. The van der Waals surface area contributed by atoms with Crippen molar-refractivity contribution >= 4 is 11.5 Å². The maximum atomic E-state index is 12.8. The molecule has 0 saturated carbocycles. The van der Waals surface area contributed by atoms with Gasteiger partial charge in [-0.25, -0.2) is 4.79 Å². The van der Waals surface area contributed by atoms with Gasteiger partial charge in [0.05, 0.1) is 25.6 Å². The first-order valence-electron chi connectivity index (χ1n) is 10.5. The van der Waals surface area contributed by atoms with Gasteiger partial charge in [0.15, 0.2) is 0 Å². The van der Waals surface area contributed by atoms with Crippen LogP contribution in [0, 0.1) is 0 Å². The maximum absolute atomic E-state index is 12.8. The summed E-state index contributed by atoms with van der Waals surface area (Å²) in [5.74, 6) is 1.97. The van der Waals surface area contributed by atoms with Crippen LogP contribution in [-0.4, -0.2) is 23.8 Å². The van der Waals surface area contributed by atoms with Crippen LogP contribution in [0.2, 0.25) is 0 Å². The van der Waals surface area contributed by atoms with Gasteiger partial charge in [-0.1, -0.05) is 36.4 Å². The third-order valence-corrected chi connectivity index (χ3v) is 5.77. The summed E-state index contributed by atoms with van der Waals surface area (Å²) in [7, 11) is 3.29. The lowest BCUT2D eigenvalue weighted by molar-refractivity contribution is 0.414. The molecule has 1 N–H and O–H groups in total. The zero-order chi connectivity index (χ0) is 22.1. The highest BCUT2D eigenvalue weighted by molar-refractivity contribution is 5.76. The van der Waals surface area contributed by atoms with Crippen molar-refractivity contribution in [2.45, 2.75) is 13.0 Å². The van der Waals surface area contributed by atoms with Crippen molar-refractivity contribution < 1.29 is 9.47 Å². The van der Waals surface area contributed by atoms with E-state index in [1.165, 1.54) is 0 Å². The predicted molar refractivity (Wildman–Crippen MR) is 126 cm³/mol. The van der Waals surface area contributed by atoms with Gasteiger partial charge < -0.3 is 14.8 Å². The molecule has 2 heterocycles. The number of hydrogen-bond donors (Lipinski definition) is 1. The zero-order valence-corrected chi connectivity index (χ0v) is 18.0. The number of nitrogens with zero attached hydrogens (tertiary/aromatic N) is 2. The van der Waals surface area contributed by atoms with Gasteiger partial charge in [0, 0.05) is 18.2 Å². The molecule has 0 fully saturated rings. The van der Waals surface area contributed by atoms with E-state index in [4.69, 9.17) is 9.47 Å². The third-order valence-electron chi connectivity index (χ3n) is 5.77. The fourth-order valence-electron chi connectivity index (χ4n) is 4.15. The zero-order valence-electron chi connectivity index (χ0n) is 18.0. The number of benzene rings is 3. The second-order valence-electron chi connectivity index (χ2n) is 7.64. The SMILES string of the molecule is COc1ccc2c(c1)CCn1c-2cc(Nc2cc(-c3ccccc3)ccc2OC)nc1=O. The Bertz CT molecular complexity index is 1350. The van der Waals surface area contributed by atoms with Gasteiger partial charge in [-0.05, 0) is 53.4 Å². The van der Waals surface area contributed by atoms with Crippen molar-refractivity contribution in [2.24, 2.45) is 0 Å². The molecule has 0 bridgehead atoms. The van der Waals surface area contributed by atoms with Crippen LogP contribution in [0.3, 0.4) is 0 Å². The van der Waals surface area contributed by atoms with Crippen molar-refractivity contribution in [3.8, 4) is 33.9 Å². The molecule has 1 aromatic heterocycles. The van der Waals surface area contributed by atoms with E-state index < -0.39 is 0 Å². The van der Waals surface area contributed by atoms with Gasteiger partial charge in [-0.3, -0.25) is 4.57 Å². The second kappa shape index (κ2) is 8.23. The number of aryl methyl sites for hydroxylation is 1. The summed E-state index contributed by atoms with van der Waals surface area (Å²) in [4.78, 5) is 17.1. The number of ether oxygens (including phenoxy) is 2. The van der Waals surface area contributed by atoms with E-state index >= 15 is 0 Å². The van der Waals surface area contributed by atoms with Gasteiger partial charge in [-0.15, -0.1) is 0 Å². The van der Waals surface area contributed by atoms with Crippen LogP contribution in [-0.2, 0) is 13.0 Å². The fraction of sp³-hybridized carbons (Fsp3) is 0.154. The molecule has 0 spiro atoms. The Morgan fingerprint density at radius 2 is 1.75 bits per heavy atom. The van der Waals surface area contributed by atoms with Crippen molar-refractivity contribution in [3.63, 3.8) is 0 Å². The minimum Gasteiger partial charge on any atom is -0.497 e. The molecular weight excluding hydrogens is 402 g/mol. The highest BCUT2D eigenvalue weighted by atomic mass is 16.5. The largest absolute Gasteiger partial charge is 0.497 e. The number of aromatic nitrogens is 2. The van der Waals surface area contributed by atoms with Crippen LogP contribution >= 0.6 is 0 Å². The molecule has 6 nitrogen and oxygen atoms in total. The summed E-state index contributed by atoms with van der Waals surface area (Å²) in [6.07, 6.45) is 0.765. The second-order valence-corrected chi connectivity index (χ2v) is 7.64. The molecule has 4 aromatic rings. The molecule has 1 aliphatic heterocycles. The lowest BCUT2D eigenvalue weighted by Gasteiger charge is -2.22. The summed E-state index contributed by atoms with van der Waals surface area (Å²) < 4.78 is 12.6. The molecule has 0 radical (unpaired) electrons. The van der Waals surface area contributed by atoms with E-state index in [-0.39, 0.29) is 5.69 Å². The van der Waals surface area contributed by atoms with Gasteiger partial charge in [0.1, 0.15) is 17.3 Å². The highest BCUT2D eigenvalue weighted by Gasteiger charge is 2.19. The van der Waals surface area contributed by atoms with Crippen molar-refractivity contribution in [1.29, 1.82) is 0 Å². The monoisotopic (exact) mass is 425 g/mol. The molecule has 0 unspecified atom stereocenters. The van der Waals surface area contributed by atoms with E-state index in [2.05, 4.69) is 22.4 Å². The molecule has 3 aromatic carbocycles. The Hall–Kier alpha value is -4.06. The first-order chi connectivity index (χ1) is 15.7. The Morgan fingerprint density at radius 1 is 0.906 bits per heavy atom. The Labute approximate surface area is 186 Å². The van der Waals surface area contributed by atoms with Gasteiger partial charge >= 0.3 is 5.69 Å². The summed E-state index contributed by atoms with van der Waals surface area (Å²) >= 11 is 0. The summed E-state index contributed by atoms with van der Waals surface area (Å²) in [5.41, 5.74) is 5.63. The van der Waals surface area contributed by atoms with E-state index in [0.717, 1.165) is 45.8 Å². The van der Waals surface area contributed by atoms with Gasteiger partial charge in [0.2, 0.25) is 0 Å². The average Bonchev–Trinajstić information content (AvgIpc) is 2.84. The van der Waals surface area contributed by atoms with Gasteiger partial charge in [-0.2, -0.15) is 4.98 Å². The molecule has 1 aliphatic rings. The maximum Gasteiger partial charge on any atom is 0.350 e. The topological polar surface area (TPSA) is 65.4 Å². The van der Waals surface area contributed by atoms with Crippen LogP contribution in [0.1, 0.15) is 5.56 Å². The van der Waals surface area contributed by atoms with E-state index in [9.17, 15) is 4.79 Å². The third kappa shape index (κ3) is 3.60. The van der Waals surface area contributed by atoms with E-state index in [1.807, 2.05) is 60.7 Å². The lowest BCUT2D eigenvalue weighted by atomic mass is 9.97. The Kier molecular flexibility index (Phi) is 5.11. The van der Waals surface area contributed by atoms with Crippen molar-refractivity contribution in [2.75, 3.05) is 19.5 Å². The average molecular weight is 425 g/mol. The minimum absolute atomic E-state index is 0.273. The number of hydrogen-bond acceptors (Lipinski definition) is 5. The summed E-state index contributed by atoms with van der Waals surface area (Å²) in [6.45, 7) is 0.592. The minimum atomic E-state index is -0.273. The Balaban J connectivity index is 1.56. The summed E-state index contributed by atoms with van der Waals surface area (Å²) in [5, 5.41) is 3.30. The number of methoxy groups -OCH3 is 2. The highest BCUT2D eigenvalue weighted by Crippen LogP contribution is 2.35. The summed E-state index contributed by atoms with van der Waals surface area (Å²) in [6, 6.07) is 23.9. The normalized spacial score (nSPS) is 11.9. The molecule has 0 atom stereocenters. The van der Waals surface area contributed by atoms with Crippen LogP contribution in [0.5, 0.6) is 11.5 Å². The molecule has 32 heavy (non-hydrogen) atoms. The first kappa shape index (κ1) is 19.9. The van der Waals surface area contributed by atoms with E-state index in [1.54, 1.807) is 18.8 Å². The molecule has 0 saturated heterocycles. The predicted octanol–water partition coefficient (Wildman–Crippen LogP) is 4.89. The van der Waals surface area contributed by atoms with Crippen LogP contribution in [0.25, 0.3) is 22.4 Å². The molecule has 0 aliphatic carbocycles. The molecule has 160 valence electrons. The fourth-order valence-corrected chi connectivity index (χ4v) is 4.15. The number of nitrogens with one attached hydrogen (secondary N) is 1. The van der Waals surface area contributed by atoms with Crippen LogP contribution in [0.15, 0.2) is 77.6 Å². The van der Waals surface area contributed by atoms with Crippen molar-refractivity contribution in [1.82, 2.24) is 9.55 Å². The molecular formula is C26H23N3O3. The number of rotatable bonds is 5. The quantitative estimate of drug-likeness (QED) is 0.493. The first-order valence-corrected chi connectivity index (χ1v) is 10.5. The number of fused-ring (bicyclic) bond motifs is 3. The van der Waals surface area contributed by atoms with Gasteiger partial charge in [0.25, 0.3) is 0 Å². The van der Waals surface area contributed by atoms with E-state index in [0.29, 0.717) is 18.1 Å². The van der Waals surface area contributed by atoms with Crippen LogP contribution < -0.4 is 20.5 Å². The molecule has 6 heteroatoms. The van der Waals surface area contributed by atoms with Crippen molar-refractivity contribution in [3.05, 3.63) is 88.8 Å². The smallest absolute Gasteiger partial charge is 0.350 e. The molecule has 5 rings (SSSR count). The molecule has 0 amide bonds. The van der Waals surface area contributed by atoms with Crippen LogP contribution in [0.4, 0.5) is 11.5 Å².